The van der Waals surface area contributed by atoms with Crippen LogP contribution in [0.1, 0.15) is 44.1 Å². The summed E-state index contributed by atoms with van der Waals surface area (Å²) < 4.78 is 19.3. The molecule has 112 valence electrons. The third-order valence-corrected chi connectivity index (χ3v) is 4.48. The van der Waals surface area contributed by atoms with Gasteiger partial charge in [0.1, 0.15) is 0 Å². The van der Waals surface area contributed by atoms with Gasteiger partial charge in [-0.2, -0.15) is 0 Å². The number of nitrogens with one attached hydrogen (secondary N) is 1. The largest absolute Gasteiger partial charge is 0.494 e. The van der Waals surface area contributed by atoms with E-state index in [4.69, 9.17) is 4.74 Å². The van der Waals surface area contributed by atoms with E-state index in [9.17, 15) is 4.39 Å². The molecular weight excluding hydrogens is 253 g/mol. The number of ether oxygens (including phenoxy) is 1. The van der Waals surface area contributed by atoms with E-state index >= 15 is 0 Å². The number of rotatable bonds is 6. The number of hydrogen-bond acceptors (Lipinski definition) is 2. The fraction of sp³-hybridized carbons (Fsp3) is 0.647. The van der Waals surface area contributed by atoms with Gasteiger partial charge in [-0.25, -0.2) is 4.39 Å². The molecule has 0 aromatic heterocycles. The molecule has 1 atom stereocenters. The number of halogens is 1. The van der Waals surface area contributed by atoms with E-state index in [1.54, 1.807) is 6.07 Å². The molecule has 0 heterocycles. The lowest BCUT2D eigenvalue weighted by molar-refractivity contribution is 0.301. The van der Waals surface area contributed by atoms with Gasteiger partial charge in [-0.05, 0) is 37.4 Å². The summed E-state index contributed by atoms with van der Waals surface area (Å²) in [5.74, 6) is 0.934. The van der Waals surface area contributed by atoms with Gasteiger partial charge in [0.2, 0.25) is 0 Å². The van der Waals surface area contributed by atoms with Gasteiger partial charge in [-0.15, -0.1) is 0 Å². The molecule has 1 aliphatic rings. The van der Waals surface area contributed by atoms with Crippen LogP contribution in [0.4, 0.5) is 4.39 Å². The predicted molar refractivity (Wildman–Crippen MR) is 80.7 cm³/mol. The fourth-order valence-corrected chi connectivity index (χ4v) is 3.27. The topological polar surface area (TPSA) is 21.3 Å². The van der Waals surface area contributed by atoms with Crippen molar-refractivity contribution in [3.63, 3.8) is 0 Å². The smallest absolute Gasteiger partial charge is 0.168 e. The first-order chi connectivity index (χ1) is 9.74. The summed E-state index contributed by atoms with van der Waals surface area (Å²) >= 11 is 0. The molecule has 1 fully saturated rings. The minimum Gasteiger partial charge on any atom is -0.494 e. The molecule has 0 saturated heterocycles. The number of benzene rings is 1. The van der Waals surface area contributed by atoms with Crippen molar-refractivity contribution in [3.05, 3.63) is 29.6 Å². The summed E-state index contributed by atoms with van der Waals surface area (Å²) in [6, 6.07) is 5.75. The van der Waals surface area contributed by atoms with Gasteiger partial charge in [0, 0.05) is 6.04 Å². The van der Waals surface area contributed by atoms with Crippen molar-refractivity contribution in [2.24, 2.45) is 5.92 Å². The monoisotopic (exact) mass is 279 g/mol. The quantitative estimate of drug-likeness (QED) is 0.851. The lowest BCUT2D eigenvalue weighted by Crippen LogP contribution is -2.31. The maximum absolute atomic E-state index is 14.2. The van der Waals surface area contributed by atoms with E-state index in [-0.39, 0.29) is 5.82 Å². The molecule has 1 N–H and O–H groups in total. The maximum atomic E-state index is 14.2. The molecule has 1 saturated carbocycles. The van der Waals surface area contributed by atoms with Gasteiger partial charge in [0.25, 0.3) is 0 Å². The van der Waals surface area contributed by atoms with Crippen LogP contribution in [0.2, 0.25) is 0 Å². The first kappa shape index (κ1) is 15.3. The standard InChI is InChI=1S/C17H26FNO/c1-19-15(11-13-7-4-3-5-8-13)12-14-9-6-10-16(20-2)17(14)18/h6,9-10,13,15,19H,3-5,7-8,11-12H2,1-2H3. The summed E-state index contributed by atoms with van der Waals surface area (Å²) in [6.07, 6.45) is 8.63. The van der Waals surface area contributed by atoms with Gasteiger partial charge in [-0.3, -0.25) is 0 Å². The lowest BCUT2D eigenvalue weighted by atomic mass is 9.83. The van der Waals surface area contributed by atoms with E-state index in [1.807, 2.05) is 19.2 Å². The summed E-state index contributed by atoms with van der Waals surface area (Å²) in [6.45, 7) is 0. The van der Waals surface area contributed by atoms with Crippen LogP contribution in [0.3, 0.4) is 0 Å². The summed E-state index contributed by atoms with van der Waals surface area (Å²) in [7, 11) is 3.49. The number of likely N-dealkylation sites (N-methyl/N-ethyl adjacent to an activating group) is 1. The van der Waals surface area contributed by atoms with Crippen LogP contribution in [-0.2, 0) is 6.42 Å². The molecule has 1 aromatic rings. The maximum Gasteiger partial charge on any atom is 0.168 e. The molecule has 3 heteroatoms. The highest BCUT2D eigenvalue weighted by atomic mass is 19.1. The van der Waals surface area contributed by atoms with Crippen LogP contribution in [0.5, 0.6) is 5.75 Å². The van der Waals surface area contributed by atoms with Crippen molar-refractivity contribution in [1.82, 2.24) is 5.32 Å². The van der Waals surface area contributed by atoms with Crippen molar-refractivity contribution in [2.75, 3.05) is 14.2 Å². The zero-order valence-electron chi connectivity index (χ0n) is 12.6. The van der Waals surface area contributed by atoms with Crippen LogP contribution < -0.4 is 10.1 Å². The molecule has 0 radical (unpaired) electrons. The Labute approximate surface area is 121 Å². The van der Waals surface area contributed by atoms with E-state index in [0.29, 0.717) is 11.8 Å². The van der Waals surface area contributed by atoms with Crippen LogP contribution in [0, 0.1) is 11.7 Å². The normalized spacial score (nSPS) is 17.9. The fourth-order valence-electron chi connectivity index (χ4n) is 3.27. The molecule has 1 unspecified atom stereocenters. The van der Waals surface area contributed by atoms with E-state index in [2.05, 4.69) is 5.32 Å². The predicted octanol–water partition coefficient (Wildman–Crippen LogP) is 3.94. The second-order valence-electron chi connectivity index (χ2n) is 5.86. The molecule has 2 rings (SSSR count). The molecule has 0 aliphatic heterocycles. The van der Waals surface area contributed by atoms with Crippen LogP contribution >= 0.6 is 0 Å². The Morgan fingerprint density at radius 3 is 2.70 bits per heavy atom. The number of hydrogen-bond donors (Lipinski definition) is 1. The third kappa shape index (κ3) is 3.95. The van der Waals surface area contributed by atoms with Crippen molar-refractivity contribution in [3.8, 4) is 5.75 Å². The second-order valence-corrected chi connectivity index (χ2v) is 5.86. The molecule has 0 spiro atoms. The highest BCUT2D eigenvalue weighted by Gasteiger charge is 2.20. The molecule has 0 amide bonds. The average Bonchev–Trinajstić information content (AvgIpc) is 2.49. The lowest BCUT2D eigenvalue weighted by Gasteiger charge is -2.26. The zero-order valence-corrected chi connectivity index (χ0v) is 12.6. The third-order valence-electron chi connectivity index (χ3n) is 4.48. The van der Waals surface area contributed by atoms with E-state index in [1.165, 1.54) is 39.2 Å². The minimum absolute atomic E-state index is 0.209. The summed E-state index contributed by atoms with van der Waals surface area (Å²) in [5, 5.41) is 3.36. The molecule has 2 nitrogen and oxygen atoms in total. The summed E-state index contributed by atoms with van der Waals surface area (Å²) in [5.41, 5.74) is 0.750. The van der Waals surface area contributed by atoms with Gasteiger partial charge in [-0.1, -0.05) is 44.2 Å². The van der Waals surface area contributed by atoms with E-state index < -0.39 is 0 Å². The Morgan fingerprint density at radius 2 is 2.05 bits per heavy atom. The Balaban J connectivity index is 1.98. The Morgan fingerprint density at radius 1 is 1.30 bits per heavy atom. The van der Waals surface area contributed by atoms with E-state index in [0.717, 1.165) is 24.3 Å². The summed E-state index contributed by atoms with van der Waals surface area (Å²) in [4.78, 5) is 0. The van der Waals surface area contributed by atoms with Crippen LogP contribution in [-0.4, -0.2) is 20.2 Å². The Kier molecular flexibility index (Phi) is 5.84. The molecule has 1 aliphatic carbocycles. The van der Waals surface area contributed by atoms with Gasteiger partial charge >= 0.3 is 0 Å². The first-order valence-corrected chi connectivity index (χ1v) is 7.73. The first-order valence-electron chi connectivity index (χ1n) is 7.73. The van der Waals surface area contributed by atoms with Gasteiger partial charge < -0.3 is 10.1 Å². The van der Waals surface area contributed by atoms with Crippen molar-refractivity contribution >= 4 is 0 Å². The van der Waals surface area contributed by atoms with Crippen molar-refractivity contribution in [1.29, 1.82) is 0 Å². The molecule has 20 heavy (non-hydrogen) atoms. The Hall–Kier alpha value is -1.09. The van der Waals surface area contributed by atoms with Crippen molar-refractivity contribution < 1.29 is 9.13 Å². The molecular formula is C17H26FNO. The zero-order chi connectivity index (χ0) is 14.4. The second kappa shape index (κ2) is 7.63. The van der Waals surface area contributed by atoms with Crippen molar-refractivity contribution in [2.45, 2.75) is 51.0 Å². The van der Waals surface area contributed by atoms with Crippen LogP contribution in [0.15, 0.2) is 18.2 Å². The highest BCUT2D eigenvalue weighted by molar-refractivity contribution is 5.31. The number of methoxy groups -OCH3 is 1. The highest BCUT2D eigenvalue weighted by Crippen LogP contribution is 2.29. The average molecular weight is 279 g/mol. The van der Waals surface area contributed by atoms with Gasteiger partial charge in [0.15, 0.2) is 11.6 Å². The van der Waals surface area contributed by atoms with Gasteiger partial charge in [0.05, 0.1) is 7.11 Å². The Bertz CT molecular complexity index is 415. The molecule has 0 bridgehead atoms. The minimum atomic E-state index is -0.209. The molecule has 1 aromatic carbocycles. The SMILES string of the molecule is CNC(Cc1cccc(OC)c1F)CC1CCCCC1. The van der Waals surface area contributed by atoms with Crippen LogP contribution in [0.25, 0.3) is 0 Å².